The van der Waals surface area contributed by atoms with Crippen molar-refractivity contribution in [2.24, 2.45) is 5.92 Å². The van der Waals surface area contributed by atoms with E-state index in [0.717, 1.165) is 4.88 Å². The van der Waals surface area contributed by atoms with E-state index in [4.69, 9.17) is 0 Å². The number of H-pyrrole nitrogens is 1. The minimum absolute atomic E-state index is 0.0549. The molecule has 2 heterocycles. The van der Waals surface area contributed by atoms with Crippen LogP contribution < -0.4 is 10.3 Å². The average Bonchev–Trinajstić information content (AvgIpc) is 2.90. The van der Waals surface area contributed by atoms with E-state index in [1.165, 1.54) is 29.7 Å². The van der Waals surface area contributed by atoms with Gasteiger partial charge in [0.05, 0.1) is 10.9 Å². The fraction of sp³-hybridized carbons (Fsp3) is 0.308. The van der Waals surface area contributed by atoms with Crippen LogP contribution in [-0.2, 0) is 10.0 Å². The molecule has 0 radical (unpaired) electrons. The zero-order valence-electron chi connectivity index (χ0n) is 11.2. The van der Waals surface area contributed by atoms with Crippen molar-refractivity contribution < 1.29 is 8.42 Å². The molecule has 2 aromatic rings. The molecule has 0 saturated heterocycles. The van der Waals surface area contributed by atoms with Crippen LogP contribution in [0.4, 0.5) is 0 Å². The molecule has 7 heteroatoms. The van der Waals surface area contributed by atoms with Crippen molar-refractivity contribution in [3.05, 3.63) is 51.1 Å². The molecule has 2 aromatic heterocycles. The van der Waals surface area contributed by atoms with Crippen molar-refractivity contribution in [2.75, 3.05) is 0 Å². The van der Waals surface area contributed by atoms with Crippen molar-refractivity contribution in [3.8, 4) is 0 Å². The zero-order chi connectivity index (χ0) is 14.8. The average molecular weight is 312 g/mol. The first-order valence-electron chi connectivity index (χ1n) is 6.14. The van der Waals surface area contributed by atoms with Gasteiger partial charge in [-0.15, -0.1) is 11.3 Å². The van der Waals surface area contributed by atoms with Crippen LogP contribution >= 0.6 is 11.3 Å². The largest absolute Gasteiger partial charge is 0.328 e. The summed E-state index contributed by atoms with van der Waals surface area (Å²) in [5.74, 6) is 0.117. The number of sulfonamides is 1. The SMILES string of the molecule is CC(C)C(NS(=O)(=O)c1ccc(=O)[nH]c1)c1cccs1. The molecular formula is C13H16N2O3S2. The maximum absolute atomic E-state index is 12.3. The second-order valence-electron chi connectivity index (χ2n) is 4.75. The van der Waals surface area contributed by atoms with Crippen LogP contribution in [-0.4, -0.2) is 13.4 Å². The molecule has 20 heavy (non-hydrogen) atoms. The maximum Gasteiger partial charge on any atom is 0.247 e. The van der Waals surface area contributed by atoms with Crippen LogP contribution in [0.1, 0.15) is 24.8 Å². The molecule has 108 valence electrons. The summed E-state index contributed by atoms with van der Waals surface area (Å²) in [5.41, 5.74) is -0.331. The smallest absolute Gasteiger partial charge is 0.247 e. The number of pyridine rings is 1. The van der Waals surface area contributed by atoms with Crippen LogP contribution in [0.5, 0.6) is 0 Å². The molecule has 5 nitrogen and oxygen atoms in total. The molecule has 1 unspecified atom stereocenters. The summed E-state index contributed by atoms with van der Waals surface area (Å²) in [7, 11) is -3.66. The Morgan fingerprint density at radius 3 is 2.50 bits per heavy atom. The van der Waals surface area contributed by atoms with Gasteiger partial charge in [-0.3, -0.25) is 4.79 Å². The van der Waals surface area contributed by atoms with E-state index in [0.29, 0.717) is 0 Å². The van der Waals surface area contributed by atoms with E-state index in [-0.39, 0.29) is 22.4 Å². The number of thiophene rings is 1. The summed E-state index contributed by atoms with van der Waals surface area (Å²) in [6.07, 6.45) is 1.20. The van der Waals surface area contributed by atoms with Gasteiger partial charge >= 0.3 is 0 Å². The van der Waals surface area contributed by atoms with E-state index in [1.54, 1.807) is 0 Å². The van der Waals surface area contributed by atoms with Crippen molar-refractivity contribution >= 4 is 21.4 Å². The summed E-state index contributed by atoms with van der Waals surface area (Å²) >= 11 is 1.51. The minimum Gasteiger partial charge on any atom is -0.328 e. The molecule has 1 atom stereocenters. The van der Waals surface area contributed by atoms with E-state index >= 15 is 0 Å². The van der Waals surface area contributed by atoms with E-state index in [9.17, 15) is 13.2 Å². The van der Waals surface area contributed by atoms with Gasteiger partial charge in [-0.25, -0.2) is 13.1 Å². The van der Waals surface area contributed by atoms with Gasteiger partial charge in [-0.05, 0) is 23.4 Å². The quantitative estimate of drug-likeness (QED) is 0.887. The Morgan fingerprint density at radius 1 is 1.25 bits per heavy atom. The molecular weight excluding hydrogens is 296 g/mol. The highest BCUT2D eigenvalue weighted by molar-refractivity contribution is 7.89. The van der Waals surface area contributed by atoms with Gasteiger partial charge in [0.25, 0.3) is 0 Å². The standard InChI is InChI=1S/C13H16N2O3S2/c1-9(2)13(11-4-3-7-19-11)15-20(17,18)10-5-6-12(16)14-8-10/h3-9,13,15H,1-2H3,(H,14,16). The Bertz CT molecular complexity index is 698. The topological polar surface area (TPSA) is 79.0 Å². The molecule has 0 fully saturated rings. The van der Waals surface area contributed by atoms with Gasteiger partial charge in [-0.2, -0.15) is 0 Å². The van der Waals surface area contributed by atoms with Crippen LogP contribution in [0.3, 0.4) is 0 Å². The van der Waals surface area contributed by atoms with E-state index in [2.05, 4.69) is 9.71 Å². The number of aromatic amines is 1. The van der Waals surface area contributed by atoms with Gasteiger partial charge in [-0.1, -0.05) is 19.9 Å². The minimum atomic E-state index is -3.66. The number of hydrogen-bond acceptors (Lipinski definition) is 4. The van der Waals surface area contributed by atoms with Gasteiger partial charge in [0.1, 0.15) is 0 Å². The Kier molecular flexibility index (Phi) is 4.42. The molecule has 2 rings (SSSR count). The highest BCUT2D eigenvalue weighted by Crippen LogP contribution is 2.27. The highest BCUT2D eigenvalue weighted by atomic mass is 32.2. The predicted octanol–water partition coefficient (Wildman–Crippen LogP) is 2.11. The molecule has 0 saturated carbocycles. The third kappa shape index (κ3) is 3.36. The Balaban J connectivity index is 2.30. The summed E-state index contributed by atoms with van der Waals surface area (Å²) in [6.45, 7) is 3.92. The van der Waals surface area contributed by atoms with Crippen molar-refractivity contribution in [1.82, 2.24) is 9.71 Å². The lowest BCUT2D eigenvalue weighted by atomic mass is 10.0. The van der Waals surface area contributed by atoms with Crippen LogP contribution in [0.2, 0.25) is 0 Å². The molecule has 0 aliphatic carbocycles. The maximum atomic E-state index is 12.3. The normalized spacial score (nSPS) is 13.6. The predicted molar refractivity (Wildman–Crippen MR) is 79.3 cm³/mol. The summed E-state index contributed by atoms with van der Waals surface area (Å²) in [5, 5.41) is 1.92. The molecule has 0 bridgehead atoms. The second kappa shape index (κ2) is 5.90. The highest BCUT2D eigenvalue weighted by Gasteiger charge is 2.24. The Labute approximate surface area is 121 Å². The van der Waals surface area contributed by atoms with Crippen molar-refractivity contribution in [2.45, 2.75) is 24.8 Å². The molecule has 0 aliphatic rings. The van der Waals surface area contributed by atoms with Gasteiger partial charge in [0.2, 0.25) is 15.6 Å². The first kappa shape index (κ1) is 15.0. The van der Waals surface area contributed by atoms with Crippen LogP contribution in [0, 0.1) is 5.92 Å². The lowest BCUT2D eigenvalue weighted by Gasteiger charge is -2.21. The molecule has 0 aromatic carbocycles. The second-order valence-corrected chi connectivity index (χ2v) is 7.44. The van der Waals surface area contributed by atoms with E-state index < -0.39 is 10.0 Å². The number of rotatable bonds is 5. The molecule has 0 amide bonds. The summed E-state index contributed by atoms with van der Waals surface area (Å²) in [6, 6.07) is 6.01. The van der Waals surface area contributed by atoms with Gasteiger partial charge in [0, 0.05) is 17.1 Å². The molecule has 0 spiro atoms. The monoisotopic (exact) mass is 312 g/mol. The Hall–Kier alpha value is -1.44. The van der Waals surface area contributed by atoms with Gasteiger partial charge < -0.3 is 4.98 Å². The number of aromatic nitrogens is 1. The Morgan fingerprint density at radius 2 is 2.00 bits per heavy atom. The number of hydrogen-bond donors (Lipinski definition) is 2. The number of nitrogens with one attached hydrogen (secondary N) is 2. The third-order valence-corrected chi connectivity index (χ3v) is 5.26. The summed E-state index contributed by atoms with van der Waals surface area (Å²) in [4.78, 5) is 14.4. The van der Waals surface area contributed by atoms with Crippen molar-refractivity contribution in [3.63, 3.8) is 0 Å². The van der Waals surface area contributed by atoms with Crippen LogP contribution in [0.25, 0.3) is 0 Å². The summed E-state index contributed by atoms with van der Waals surface area (Å²) < 4.78 is 27.3. The third-order valence-electron chi connectivity index (χ3n) is 2.86. The molecule has 0 aliphatic heterocycles. The first-order valence-corrected chi connectivity index (χ1v) is 8.51. The first-order chi connectivity index (χ1) is 9.40. The fourth-order valence-electron chi connectivity index (χ4n) is 1.79. The molecule has 2 N–H and O–H groups in total. The van der Waals surface area contributed by atoms with E-state index in [1.807, 2.05) is 31.4 Å². The van der Waals surface area contributed by atoms with Crippen LogP contribution in [0.15, 0.2) is 45.5 Å². The fourth-order valence-corrected chi connectivity index (χ4v) is 4.14. The lowest BCUT2D eigenvalue weighted by molar-refractivity contribution is 0.469. The van der Waals surface area contributed by atoms with Crippen molar-refractivity contribution in [1.29, 1.82) is 0 Å². The van der Waals surface area contributed by atoms with Gasteiger partial charge in [0.15, 0.2) is 0 Å². The lowest BCUT2D eigenvalue weighted by Crippen LogP contribution is -2.31. The zero-order valence-corrected chi connectivity index (χ0v) is 12.8.